The maximum Gasteiger partial charge on any atom is 0.165 e. The van der Waals surface area contributed by atoms with Gasteiger partial charge in [0.1, 0.15) is 0 Å². The first kappa shape index (κ1) is 14.9. The molecule has 0 bridgehead atoms. The molecule has 4 heteroatoms. The van der Waals surface area contributed by atoms with Crippen molar-refractivity contribution in [2.45, 2.75) is 39.3 Å². The van der Waals surface area contributed by atoms with Crippen molar-refractivity contribution in [2.24, 2.45) is 5.92 Å². The molecule has 0 aliphatic heterocycles. The molecular formula is C14H22FNO2. The molecule has 0 saturated heterocycles. The van der Waals surface area contributed by atoms with Crippen LogP contribution in [-0.2, 0) is 6.54 Å². The van der Waals surface area contributed by atoms with E-state index in [1.54, 1.807) is 19.1 Å². The van der Waals surface area contributed by atoms with Crippen LogP contribution in [0.4, 0.5) is 4.39 Å². The average Bonchev–Trinajstić information content (AvgIpc) is 2.22. The number of nitrogens with one attached hydrogen (secondary N) is 1. The molecule has 0 spiro atoms. The van der Waals surface area contributed by atoms with E-state index in [0.29, 0.717) is 31.0 Å². The lowest BCUT2D eigenvalue weighted by Crippen LogP contribution is -2.38. The maximum absolute atomic E-state index is 13.1. The van der Waals surface area contributed by atoms with E-state index >= 15 is 0 Å². The molecule has 0 aliphatic rings. The summed E-state index contributed by atoms with van der Waals surface area (Å²) in [5.41, 5.74) is -0.299. The van der Waals surface area contributed by atoms with Crippen LogP contribution in [-0.4, -0.2) is 22.4 Å². The van der Waals surface area contributed by atoms with Crippen molar-refractivity contribution in [3.63, 3.8) is 0 Å². The van der Waals surface area contributed by atoms with Crippen LogP contribution in [0.1, 0.15) is 32.8 Å². The van der Waals surface area contributed by atoms with Crippen molar-refractivity contribution in [1.29, 1.82) is 0 Å². The van der Waals surface area contributed by atoms with Gasteiger partial charge in [0.05, 0.1) is 5.60 Å². The van der Waals surface area contributed by atoms with Gasteiger partial charge in [-0.15, -0.1) is 0 Å². The van der Waals surface area contributed by atoms with E-state index in [4.69, 9.17) is 0 Å². The molecule has 1 unspecified atom stereocenters. The lowest BCUT2D eigenvalue weighted by Gasteiger charge is -2.25. The van der Waals surface area contributed by atoms with Crippen LogP contribution in [0.3, 0.4) is 0 Å². The van der Waals surface area contributed by atoms with E-state index in [1.807, 2.05) is 13.8 Å². The van der Waals surface area contributed by atoms with Crippen LogP contribution in [0.25, 0.3) is 0 Å². The highest BCUT2D eigenvalue weighted by atomic mass is 19.1. The highest BCUT2D eigenvalue weighted by molar-refractivity contribution is 5.33. The molecule has 1 rings (SSSR count). The van der Waals surface area contributed by atoms with Gasteiger partial charge in [-0.1, -0.05) is 26.0 Å². The zero-order chi connectivity index (χ0) is 13.8. The van der Waals surface area contributed by atoms with Gasteiger partial charge < -0.3 is 15.5 Å². The molecular weight excluding hydrogens is 233 g/mol. The van der Waals surface area contributed by atoms with Gasteiger partial charge in [0.2, 0.25) is 0 Å². The van der Waals surface area contributed by atoms with E-state index in [9.17, 15) is 14.6 Å². The smallest absolute Gasteiger partial charge is 0.165 e. The molecule has 0 aromatic heterocycles. The van der Waals surface area contributed by atoms with Gasteiger partial charge >= 0.3 is 0 Å². The van der Waals surface area contributed by atoms with Gasteiger partial charge in [-0.3, -0.25) is 0 Å². The highest BCUT2D eigenvalue weighted by Gasteiger charge is 2.21. The lowest BCUT2D eigenvalue weighted by atomic mass is 9.94. The molecule has 0 amide bonds. The van der Waals surface area contributed by atoms with Crippen molar-refractivity contribution in [2.75, 3.05) is 6.54 Å². The fourth-order valence-electron chi connectivity index (χ4n) is 2.12. The molecule has 0 fully saturated rings. The number of aromatic hydroxyl groups is 1. The van der Waals surface area contributed by atoms with Crippen molar-refractivity contribution in [1.82, 2.24) is 5.32 Å². The van der Waals surface area contributed by atoms with Crippen LogP contribution in [0.5, 0.6) is 5.75 Å². The van der Waals surface area contributed by atoms with Crippen LogP contribution < -0.4 is 5.32 Å². The fourth-order valence-corrected chi connectivity index (χ4v) is 2.12. The molecule has 0 radical (unpaired) electrons. The summed E-state index contributed by atoms with van der Waals surface area (Å²) in [5.74, 6) is -0.541. The number of hydrogen-bond acceptors (Lipinski definition) is 3. The summed E-state index contributed by atoms with van der Waals surface area (Å²) in [6, 6.07) is 4.43. The normalized spacial score (nSPS) is 14.8. The van der Waals surface area contributed by atoms with Gasteiger partial charge in [-0.05, 0) is 25.3 Å². The lowest BCUT2D eigenvalue weighted by molar-refractivity contribution is 0.0383. The number of aliphatic hydroxyl groups is 1. The first-order valence-corrected chi connectivity index (χ1v) is 6.21. The first-order valence-electron chi connectivity index (χ1n) is 6.21. The van der Waals surface area contributed by atoms with Gasteiger partial charge in [0.25, 0.3) is 0 Å². The van der Waals surface area contributed by atoms with Crippen molar-refractivity contribution >= 4 is 0 Å². The molecule has 3 N–H and O–H groups in total. The second-order valence-corrected chi connectivity index (χ2v) is 5.45. The van der Waals surface area contributed by atoms with Crippen LogP contribution in [0.15, 0.2) is 18.2 Å². The number of para-hydroxylation sites is 1. The summed E-state index contributed by atoms with van der Waals surface area (Å²) in [5, 5.41) is 22.6. The summed E-state index contributed by atoms with van der Waals surface area (Å²) < 4.78 is 13.1. The van der Waals surface area contributed by atoms with E-state index in [0.717, 1.165) is 0 Å². The Hall–Kier alpha value is -1.13. The van der Waals surface area contributed by atoms with Crippen LogP contribution >= 0.6 is 0 Å². The Balaban J connectivity index is 2.49. The van der Waals surface area contributed by atoms with E-state index < -0.39 is 11.4 Å². The maximum atomic E-state index is 13.1. The predicted molar refractivity (Wildman–Crippen MR) is 69.9 cm³/mol. The number of halogens is 1. The number of phenolic OH excluding ortho intramolecular Hbond substituents is 1. The number of rotatable bonds is 6. The standard InChI is InChI=1S/C14H22FNO2/c1-10(2)7-14(3,18)9-16-8-11-5-4-6-12(15)13(11)17/h4-6,10,16-18H,7-9H2,1-3H3. The van der Waals surface area contributed by atoms with Crippen LogP contribution in [0.2, 0.25) is 0 Å². The largest absolute Gasteiger partial charge is 0.505 e. The minimum atomic E-state index is -0.795. The summed E-state index contributed by atoms with van der Waals surface area (Å²) in [4.78, 5) is 0. The SMILES string of the molecule is CC(C)CC(C)(O)CNCc1cccc(F)c1O. The summed E-state index contributed by atoms with van der Waals surface area (Å²) in [6.07, 6.45) is 0.690. The fraction of sp³-hybridized carbons (Fsp3) is 0.571. The molecule has 0 aliphatic carbocycles. The van der Waals surface area contributed by atoms with Gasteiger partial charge in [-0.25, -0.2) is 4.39 Å². The Kier molecular flexibility index (Phi) is 5.11. The molecule has 1 aromatic rings. The Labute approximate surface area is 108 Å². The second kappa shape index (κ2) is 6.16. The average molecular weight is 255 g/mol. The Morgan fingerprint density at radius 1 is 1.39 bits per heavy atom. The molecule has 0 heterocycles. The van der Waals surface area contributed by atoms with Crippen molar-refractivity contribution in [3.05, 3.63) is 29.6 Å². The Bertz CT molecular complexity index is 391. The minimum Gasteiger partial charge on any atom is -0.505 e. The van der Waals surface area contributed by atoms with Gasteiger partial charge in [0, 0.05) is 18.7 Å². The Morgan fingerprint density at radius 3 is 2.67 bits per heavy atom. The summed E-state index contributed by atoms with van der Waals surface area (Å²) in [7, 11) is 0. The zero-order valence-corrected chi connectivity index (χ0v) is 11.2. The number of benzene rings is 1. The third-order valence-electron chi connectivity index (χ3n) is 2.74. The number of hydrogen-bond donors (Lipinski definition) is 3. The van der Waals surface area contributed by atoms with Crippen molar-refractivity contribution < 1.29 is 14.6 Å². The van der Waals surface area contributed by atoms with Crippen molar-refractivity contribution in [3.8, 4) is 5.75 Å². The zero-order valence-electron chi connectivity index (χ0n) is 11.2. The third kappa shape index (κ3) is 4.63. The molecule has 18 heavy (non-hydrogen) atoms. The van der Waals surface area contributed by atoms with Crippen LogP contribution in [0, 0.1) is 11.7 Å². The summed E-state index contributed by atoms with van der Waals surface area (Å²) in [6.45, 7) is 6.60. The molecule has 3 nitrogen and oxygen atoms in total. The quantitative estimate of drug-likeness (QED) is 0.731. The molecule has 102 valence electrons. The topological polar surface area (TPSA) is 52.5 Å². The number of phenols is 1. The highest BCUT2D eigenvalue weighted by Crippen LogP contribution is 2.21. The predicted octanol–water partition coefficient (Wildman–Crippen LogP) is 2.42. The molecule has 1 atom stereocenters. The summed E-state index contributed by atoms with van der Waals surface area (Å²) >= 11 is 0. The molecule has 0 saturated carbocycles. The van der Waals surface area contributed by atoms with E-state index in [1.165, 1.54) is 6.07 Å². The van der Waals surface area contributed by atoms with Gasteiger partial charge in [0.15, 0.2) is 11.6 Å². The van der Waals surface area contributed by atoms with Gasteiger partial charge in [-0.2, -0.15) is 0 Å². The second-order valence-electron chi connectivity index (χ2n) is 5.45. The minimum absolute atomic E-state index is 0.325. The first-order chi connectivity index (χ1) is 8.32. The third-order valence-corrected chi connectivity index (χ3v) is 2.74. The Morgan fingerprint density at radius 2 is 2.06 bits per heavy atom. The monoisotopic (exact) mass is 255 g/mol. The molecule has 1 aromatic carbocycles. The van der Waals surface area contributed by atoms with E-state index in [2.05, 4.69) is 5.32 Å². The van der Waals surface area contributed by atoms with E-state index in [-0.39, 0.29) is 5.75 Å².